The van der Waals surface area contributed by atoms with Crippen LogP contribution in [0.4, 0.5) is 0 Å². The molecule has 83 heavy (non-hydrogen) atoms. The van der Waals surface area contributed by atoms with Crippen molar-refractivity contribution in [2.45, 2.75) is 348 Å². The molecule has 0 spiro atoms. The second kappa shape index (κ2) is 59.0. The van der Waals surface area contributed by atoms with E-state index in [0.717, 1.165) is 103 Å². The minimum absolute atomic E-state index is 0.106. The summed E-state index contributed by atoms with van der Waals surface area (Å²) in [5.41, 5.74) is 0. The molecule has 0 aromatic rings. The first-order chi connectivity index (χ1) is 40.2. The number of phosphoric acid groups is 2. The number of carbonyl (C=O) groups is 4. The number of aliphatic hydroxyl groups is 1. The Hall–Kier alpha value is -1.94. The number of rotatable bonds is 65. The molecule has 0 aromatic carbocycles. The maximum Gasteiger partial charge on any atom is 0.472 e. The van der Waals surface area contributed by atoms with E-state index in [-0.39, 0.29) is 25.7 Å². The first kappa shape index (κ1) is 81.1. The smallest absolute Gasteiger partial charge is 0.462 e. The average Bonchev–Trinajstić information content (AvgIpc) is 3.47. The van der Waals surface area contributed by atoms with Crippen LogP contribution in [-0.4, -0.2) is 96.7 Å². The van der Waals surface area contributed by atoms with Gasteiger partial charge >= 0.3 is 39.5 Å². The summed E-state index contributed by atoms with van der Waals surface area (Å²) in [6, 6.07) is 0. The number of hydrogen-bond donors (Lipinski definition) is 3. The van der Waals surface area contributed by atoms with E-state index in [4.69, 9.17) is 37.0 Å². The molecule has 17 nitrogen and oxygen atoms in total. The van der Waals surface area contributed by atoms with Crippen LogP contribution in [0.25, 0.3) is 0 Å². The topological polar surface area (TPSA) is 237 Å². The minimum atomic E-state index is -4.94. The second-order valence-electron chi connectivity index (χ2n) is 23.2. The molecule has 0 radical (unpaired) electrons. The van der Waals surface area contributed by atoms with Gasteiger partial charge in [-0.05, 0) is 25.7 Å². The van der Waals surface area contributed by atoms with Gasteiger partial charge in [0.1, 0.15) is 19.3 Å². The van der Waals surface area contributed by atoms with Crippen LogP contribution in [-0.2, 0) is 65.4 Å². The van der Waals surface area contributed by atoms with Crippen LogP contribution in [0.15, 0.2) is 0 Å². The van der Waals surface area contributed by atoms with Crippen molar-refractivity contribution in [3.63, 3.8) is 0 Å². The van der Waals surface area contributed by atoms with Crippen molar-refractivity contribution < 1.29 is 80.2 Å². The number of aliphatic hydroxyl groups excluding tert-OH is 1. The summed E-state index contributed by atoms with van der Waals surface area (Å²) >= 11 is 0. The average molecular weight is 1230 g/mol. The Bertz CT molecular complexity index is 1600. The molecule has 0 aromatic heterocycles. The van der Waals surface area contributed by atoms with Crippen molar-refractivity contribution >= 4 is 39.5 Å². The third-order valence-corrected chi connectivity index (χ3v) is 16.8. The van der Waals surface area contributed by atoms with Gasteiger partial charge in [-0.1, -0.05) is 278 Å². The first-order valence-corrected chi connectivity index (χ1v) is 36.8. The van der Waals surface area contributed by atoms with E-state index < -0.39 is 97.5 Å². The zero-order valence-corrected chi connectivity index (χ0v) is 54.9. The number of ether oxygens (including phenoxy) is 4. The summed E-state index contributed by atoms with van der Waals surface area (Å²) in [6.07, 6.45) is 44.5. The zero-order chi connectivity index (χ0) is 61.2. The number of phosphoric ester groups is 2. The maximum absolute atomic E-state index is 13.0. The van der Waals surface area contributed by atoms with Gasteiger partial charge in [0.25, 0.3) is 0 Å². The molecule has 0 aliphatic carbocycles. The molecular formula is C64H124O17P2. The fourth-order valence-electron chi connectivity index (χ4n) is 9.63. The molecule has 5 atom stereocenters. The molecule has 0 aliphatic heterocycles. The normalized spacial score (nSPS) is 14.2. The van der Waals surface area contributed by atoms with Gasteiger partial charge in [-0.2, -0.15) is 0 Å². The first-order valence-electron chi connectivity index (χ1n) is 33.8. The van der Waals surface area contributed by atoms with E-state index in [1.54, 1.807) is 0 Å². The largest absolute Gasteiger partial charge is 0.472 e. The molecule has 492 valence electrons. The summed E-state index contributed by atoms with van der Waals surface area (Å²) in [5.74, 6) is -2.14. The molecule has 19 heteroatoms. The molecule has 0 fully saturated rings. The lowest BCUT2D eigenvalue weighted by Crippen LogP contribution is -2.30. The molecule has 0 rings (SSSR count). The maximum atomic E-state index is 13.0. The number of carbonyl (C=O) groups excluding carboxylic acids is 4. The molecule has 0 saturated carbocycles. The second-order valence-corrected chi connectivity index (χ2v) is 26.1. The molecule has 2 unspecified atom stereocenters. The predicted molar refractivity (Wildman–Crippen MR) is 331 cm³/mol. The molecule has 0 saturated heterocycles. The van der Waals surface area contributed by atoms with Crippen molar-refractivity contribution in [3.05, 3.63) is 0 Å². The van der Waals surface area contributed by atoms with Gasteiger partial charge in [-0.25, -0.2) is 9.13 Å². The third kappa shape index (κ3) is 58.8. The van der Waals surface area contributed by atoms with Crippen LogP contribution >= 0.6 is 15.6 Å². The fraction of sp³-hybridized carbons (Fsp3) is 0.938. The Morgan fingerprint density at radius 2 is 0.482 bits per heavy atom. The Kier molecular flexibility index (Phi) is 57.7. The standard InChI is InChI=1S/C64H124O17P2/c1-5-9-13-17-21-24-26-27-28-29-30-32-35-39-43-47-51-64(69)81-60(55-75-62(67)49-45-41-37-34-31-25-22-18-14-10-6-2)57-79-83(72,73)77-53-58(65)52-76-82(70,71)78-56-59(54-74-61(66)48-44-40-36-20-16-12-8-4)80-63(68)50-46-42-38-33-23-19-15-11-7-3/h58-60,65H,5-57H2,1-4H3,(H,70,71)(H,72,73)/t58-,59+,60+/m0/s1. The quantitative estimate of drug-likeness (QED) is 0.0222. The number of esters is 4. The Labute approximate surface area is 505 Å². The molecule has 0 amide bonds. The SMILES string of the molecule is CCCCCCCCCCCCCCCCCCC(=O)O[C@H](COC(=O)CCCCCCCCCCCCC)COP(=O)(O)OC[C@@H](O)COP(=O)(O)OC[C@@H](COC(=O)CCCCCCCCC)OC(=O)CCCCCCCCCCC. The highest BCUT2D eigenvalue weighted by atomic mass is 31.2. The summed E-state index contributed by atoms with van der Waals surface area (Å²) in [4.78, 5) is 72.0. The van der Waals surface area contributed by atoms with E-state index in [2.05, 4.69) is 27.7 Å². The van der Waals surface area contributed by atoms with Crippen LogP contribution < -0.4 is 0 Å². The third-order valence-electron chi connectivity index (χ3n) is 14.9. The lowest BCUT2D eigenvalue weighted by atomic mass is 10.0. The van der Waals surface area contributed by atoms with Gasteiger partial charge < -0.3 is 33.8 Å². The predicted octanol–water partition coefficient (Wildman–Crippen LogP) is 17.9. The molecule has 0 aliphatic rings. The van der Waals surface area contributed by atoms with Gasteiger partial charge in [0.2, 0.25) is 0 Å². The van der Waals surface area contributed by atoms with Crippen molar-refractivity contribution in [1.29, 1.82) is 0 Å². The lowest BCUT2D eigenvalue weighted by molar-refractivity contribution is -0.161. The highest BCUT2D eigenvalue weighted by Crippen LogP contribution is 2.45. The monoisotopic (exact) mass is 1230 g/mol. The van der Waals surface area contributed by atoms with E-state index in [9.17, 15) is 43.2 Å². The Morgan fingerprint density at radius 3 is 0.711 bits per heavy atom. The summed E-state index contributed by atoms with van der Waals surface area (Å²) < 4.78 is 67.9. The number of hydrogen-bond acceptors (Lipinski definition) is 15. The van der Waals surface area contributed by atoms with Crippen LogP contribution in [0.3, 0.4) is 0 Å². The van der Waals surface area contributed by atoms with Crippen LogP contribution in [0.1, 0.15) is 329 Å². The van der Waals surface area contributed by atoms with Crippen molar-refractivity contribution in [3.8, 4) is 0 Å². The summed E-state index contributed by atoms with van der Waals surface area (Å²) in [7, 11) is -9.88. The Morgan fingerprint density at radius 1 is 0.289 bits per heavy atom. The van der Waals surface area contributed by atoms with Crippen molar-refractivity contribution in [2.24, 2.45) is 0 Å². The van der Waals surface area contributed by atoms with E-state index in [1.807, 2.05) is 0 Å². The van der Waals surface area contributed by atoms with Gasteiger partial charge in [0.05, 0.1) is 26.4 Å². The summed E-state index contributed by atoms with van der Waals surface area (Å²) in [5, 5.41) is 10.5. The molecule has 3 N–H and O–H groups in total. The fourth-order valence-corrected chi connectivity index (χ4v) is 11.2. The van der Waals surface area contributed by atoms with Crippen LogP contribution in [0.2, 0.25) is 0 Å². The number of unbranched alkanes of at least 4 members (excludes halogenated alkanes) is 39. The highest BCUT2D eigenvalue weighted by Gasteiger charge is 2.30. The molecule has 0 heterocycles. The lowest BCUT2D eigenvalue weighted by Gasteiger charge is -2.21. The van der Waals surface area contributed by atoms with Crippen LogP contribution in [0, 0.1) is 0 Å². The van der Waals surface area contributed by atoms with Gasteiger partial charge in [-0.15, -0.1) is 0 Å². The van der Waals surface area contributed by atoms with E-state index in [1.165, 1.54) is 148 Å². The zero-order valence-electron chi connectivity index (χ0n) is 53.2. The van der Waals surface area contributed by atoms with Crippen LogP contribution in [0.5, 0.6) is 0 Å². The van der Waals surface area contributed by atoms with Gasteiger partial charge in [0, 0.05) is 25.7 Å². The molecular weight excluding hydrogens is 1100 g/mol. The Balaban J connectivity index is 5.18. The highest BCUT2D eigenvalue weighted by molar-refractivity contribution is 7.47. The van der Waals surface area contributed by atoms with Gasteiger partial charge in [0.15, 0.2) is 12.2 Å². The summed E-state index contributed by atoms with van der Waals surface area (Å²) in [6.45, 7) is 4.84. The van der Waals surface area contributed by atoms with Crippen molar-refractivity contribution in [2.75, 3.05) is 39.6 Å². The van der Waals surface area contributed by atoms with Crippen molar-refractivity contribution in [1.82, 2.24) is 0 Å². The van der Waals surface area contributed by atoms with Gasteiger partial charge in [-0.3, -0.25) is 37.3 Å². The molecule has 0 bridgehead atoms. The van der Waals surface area contributed by atoms with E-state index in [0.29, 0.717) is 25.7 Å². The van der Waals surface area contributed by atoms with E-state index >= 15 is 0 Å². The minimum Gasteiger partial charge on any atom is -0.462 e.